The molecule has 0 aromatic carbocycles. The highest BCUT2D eigenvalue weighted by Gasteiger charge is 2.25. The van der Waals surface area contributed by atoms with Crippen LogP contribution in [0.25, 0.3) is 0 Å². The number of rotatable bonds is 6. The van der Waals surface area contributed by atoms with Crippen molar-refractivity contribution in [2.24, 2.45) is 5.92 Å². The van der Waals surface area contributed by atoms with Gasteiger partial charge >= 0.3 is 12.0 Å². The number of urea groups is 1. The highest BCUT2D eigenvalue weighted by molar-refractivity contribution is 7.99. The average molecular weight is 302 g/mol. The van der Waals surface area contributed by atoms with Crippen LogP contribution in [0.15, 0.2) is 0 Å². The van der Waals surface area contributed by atoms with E-state index in [-0.39, 0.29) is 18.6 Å². The number of aliphatic carboxylic acids is 1. The molecule has 6 heteroatoms. The van der Waals surface area contributed by atoms with Gasteiger partial charge in [0, 0.05) is 24.4 Å². The van der Waals surface area contributed by atoms with Gasteiger partial charge in [-0.1, -0.05) is 13.3 Å². The molecule has 0 bridgehead atoms. The van der Waals surface area contributed by atoms with Gasteiger partial charge in [0.2, 0.25) is 0 Å². The highest BCUT2D eigenvalue weighted by Crippen LogP contribution is 2.26. The van der Waals surface area contributed by atoms with Crippen LogP contribution in [0.5, 0.6) is 0 Å². The summed E-state index contributed by atoms with van der Waals surface area (Å²) in [5, 5.41) is 12.6. The van der Waals surface area contributed by atoms with Crippen LogP contribution in [-0.4, -0.2) is 52.6 Å². The minimum absolute atomic E-state index is 0.132. The van der Waals surface area contributed by atoms with Gasteiger partial charge in [-0.3, -0.25) is 4.79 Å². The van der Waals surface area contributed by atoms with Crippen LogP contribution in [0.1, 0.15) is 39.5 Å². The predicted molar refractivity (Wildman–Crippen MR) is 82.1 cm³/mol. The lowest BCUT2D eigenvalue weighted by Crippen LogP contribution is -2.48. The molecule has 3 atom stereocenters. The van der Waals surface area contributed by atoms with Crippen molar-refractivity contribution in [3.63, 3.8) is 0 Å². The molecular weight excluding hydrogens is 276 g/mol. The lowest BCUT2D eigenvalue weighted by molar-refractivity contribution is -0.141. The van der Waals surface area contributed by atoms with Crippen molar-refractivity contribution in [3.8, 4) is 0 Å². The molecule has 2 amide bonds. The molecule has 2 N–H and O–H groups in total. The Morgan fingerprint density at radius 3 is 2.70 bits per heavy atom. The van der Waals surface area contributed by atoms with Crippen LogP contribution >= 0.6 is 11.8 Å². The minimum Gasteiger partial charge on any atom is -0.481 e. The molecular formula is C14H26N2O3S. The third-order valence-corrected chi connectivity index (χ3v) is 4.97. The zero-order valence-corrected chi connectivity index (χ0v) is 13.4. The van der Waals surface area contributed by atoms with Gasteiger partial charge in [-0.05, 0) is 32.4 Å². The highest BCUT2D eigenvalue weighted by atomic mass is 32.2. The Bertz CT molecular complexity index is 338. The van der Waals surface area contributed by atoms with Gasteiger partial charge in [0.1, 0.15) is 0 Å². The summed E-state index contributed by atoms with van der Waals surface area (Å²) in [5.74, 6) is -1.40. The summed E-state index contributed by atoms with van der Waals surface area (Å²) in [6.07, 6.45) is 6.52. The molecule has 1 rings (SSSR count). The number of carbonyl (C=O) groups is 2. The van der Waals surface area contributed by atoms with E-state index in [1.807, 2.05) is 18.7 Å². The molecule has 1 aliphatic carbocycles. The van der Waals surface area contributed by atoms with Gasteiger partial charge in [-0.15, -0.1) is 0 Å². The second-order valence-corrected chi connectivity index (χ2v) is 6.59. The lowest BCUT2D eigenvalue weighted by atomic mass is 9.95. The average Bonchev–Trinajstić information content (AvgIpc) is 2.44. The molecule has 0 radical (unpaired) electrons. The van der Waals surface area contributed by atoms with Crippen molar-refractivity contribution in [3.05, 3.63) is 0 Å². The van der Waals surface area contributed by atoms with Crippen LogP contribution in [0.4, 0.5) is 4.79 Å². The number of carboxylic acids is 1. The van der Waals surface area contributed by atoms with Crippen molar-refractivity contribution in [1.29, 1.82) is 0 Å². The van der Waals surface area contributed by atoms with Gasteiger partial charge in [-0.2, -0.15) is 11.8 Å². The van der Waals surface area contributed by atoms with Crippen LogP contribution in [0.3, 0.4) is 0 Å². The van der Waals surface area contributed by atoms with Crippen LogP contribution in [0, 0.1) is 5.92 Å². The predicted octanol–water partition coefficient (Wildman–Crippen LogP) is 2.41. The van der Waals surface area contributed by atoms with Gasteiger partial charge in [-0.25, -0.2) is 4.79 Å². The standard InChI is InChI=1S/C14H26N2O3S/c1-4-16(9-10(2)13(17)18)14(19)15-11-6-5-7-12(8-11)20-3/h10-12H,4-9H2,1-3H3,(H,15,19)(H,17,18). The number of carbonyl (C=O) groups excluding carboxylic acids is 1. The molecule has 116 valence electrons. The lowest BCUT2D eigenvalue weighted by Gasteiger charge is -2.31. The Labute approximate surface area is 125 Å². The van der Waals surface area contributed by atoms with Crippen LogP contribution in [0.2, 0.25) is 0 Å². The van der Waals surface area contributed by atoms with Crippen molar-refractivity contribution in [2.45, 2.75) is 50.8 Å². The maximum Gasteiger partial charge on any atom is 0.317 e. The molecule has 5 nitrogen and oxygen atoms in total. The molecule has 20 heavy (non-hydrogen) atoms. The summed E-state index contributed by atoms with van der Waals surface area (Å²) in [4.78, 5) is 24.7. The van der Waals surface area contributed by atoms with Crippen molar-refractivity contribution in [1.82, 2.24) is 10.2 Å². The zero-order chi connectivity index (χ0) is 15.1. The topological polar surface area (TPSA) is 69.6 Å². The maximum absolute atomic E-state index is 12.2. The fourth-order valence-electron chi connectivity index (χ4n) is 2.52. The Balaban J connectivity index is 2.48. The molecule has 0 aromatic rings. The molecule has 0 aliphatic heterocycles. The Morgan fingerprint density at radius 2 is 2.15 bits per heavy atom. The second kappa shape index (κ2) is 8.39. The van der Waals surface area contributed by atoms with E-state index in [0.29, 0.717) is 11.8 Å². The first-order valence-corrected chi connectivity index (χ1v) is 8.57. The van der Waals surface area contributed by atoms with E-state index in [1.54, 1.807) is 11.8 Å². The number of nitrogens with one attached hydrogen (secondary N) is 1. The van der Waals surface area contributed by atoms with Crippen LogP contribution in [-0.2, 0) is 4.79 Å². The monoisotopic (exact) mass is 302 g/mol. The first kappa shape index (κ1) is 17.1. The first-order chi connectivity index (χ1) is 9.47. The van der Waals surface area contributed by atoms with E-state index in [9.17, 15) is 9.59 Å². The minimum atomic E-state index is -0.864. The van der Waals surface area contributed by atoms with E-state index >= 15 is 0 Å². The second-order valence-electron chi connectivity index (χ2n) is 5.45. The Morgan fingerprint density at radius 1 is 1.45 bits per heavy atom. The maximum atomic E-state index is 12.2. The quantitative estimate of drug-likeness (QED) is 0.790. The Kier molecular flexibility index (Phi) is 7.19. The number of hydrogen-bond donors (Lipinski definition) is 2. The summed E-state index contributed by atoms with van der Waals surface area (Å²) < 4.78 is 0. The van der Waals surface area contributed by atoms with Crippen molar-refractivity contribution >= 4 is 23.8 Å². The molecule has 0 spiro atoms. The van der Waals surface area contributed by atoms with E-state index in [4.69, 9.17) is 5.11 Å². The van der Waals surface area contributed by atoms with E-state index in [2.05, 4.69) is 11.6 Å². The van der Waals surface area contributed by atoms with Crippen LogP contribution < -0.4 is 5.32 Å². The third kappa shape index (κ3) is 5.23. The van der Waals surface area contributed by atoms with E-state index in [1.165, 1.54) is 6.42 Å². The van der Waals surface area contributed by atoms with Gasteiger partial charge in [0.05, 0.1) is 5.92 Å². The number of hydrogen-bond acceptors (Lipinski definition) is 3. The summed E-state index contributed by atoms with van der Waals surface area (Å²) >= 11 is 1.86. The van der Waals surface area contributed by atoms with Gasteiger partial charge < -0.3 is 15.3 Å². The number of carboxylic acid groups (broad SMARTS) is 1. The largest absolute Gasteiger partial charge is 0.481 e. The molecule has 1 fully saturated rings. The van der Waals surface area contributed by atoms with Crippen molar-refractivity contribution in [2.75, 3.05) is 19.3 Å². The molecule has 3 unspecified atom stereocenters. The normalized spacial score (nSPS) is 23.9. The molecule has 0 aromatic heterocycles. The Hall–Kier alpha value is -0.910. The fourth-order valence-corrected chi connectivity index (χ4v) is 3.35. The number of nitrogens with zero attached hydrogens (tertiary/aromatic N) is 1. The molecule has 0 heterocycles. The summed E-state index contributed by atoms with van der Waals surface area (Å²) in [7, 11) is 0. The number of amides is 2. The molecule has 0 saturated heterocycles. The van der Waals surface area contributed by atoms with E-state index < -0.39 is 11.9 Å². The SMILES string of the molecule is CCN(CC(C)C(=O)O)C(=O)NC1CCCC(SC)C1. The van der Waals surface area contributed by atoms with Crippen molar-refractivity contribution < 1.29 is 14.7 Å². The first-order valence-electron chi connectivity index (χ1n) is 7.28. The molecule has 1 saturated carbocycles. The third-order valence-electron chi connectivity index (χ3n) is 3.87. The smallest absolute Gasteiger partial charge is 0.317 e. The fraction of sp³-hybridized carbons (Fsp3) is 0.857. The van der Waals surface area contributed by atoms with E-state index in [0.717, 1.165) is 19.3 Å². The molecule has 1 aliphatic rings. The summed E-state index contributed by atoms with van der Waals surface area (Å²) in [6.45, 7) is 4.29. The number of thioether (sulfide) groups is 1. The zero-order valence-electron chi connectivity index (χ0n) is 12.6. The van der Waals surface area contributed by atoms with Gasteiger partial charge in [0.15, 0.2) is 0 Å². The summed E-state index contributed by atoms with van der Waals surface area (Å²) in [5.41, 5.74) is 0. The summed E-state index contributed by atoms with van der Waals surface area (Å²) in [6, 6.07) is 0.0928. The van der Waals surface area contributed by atoms with Gasteiger partial charge in [0.25, 0.3) is 0 Å².